The van der Waals surface area contributed by atoms with Crippen LogP contribution in [0.3, 0.4) is 0 Å². The molecule has 0 aliphatic heterocycles. The van der Waals surface area contributed by atoms with E-state index in [0.29, 0.717) is 18.5 Å². The number of hydrogen-bond donors (Lipinski definition) is 3. The molecule has 172 valence electrons. The van der Waals surface area contributed by atoms with Crippen molar-refractivity contribution in [3.63, 3.8) is 0 Å². The van der Waals surface area contributed by atoms with Crippen LogP contribution < -0.4 is 15.4 Å². The quantitative estimate of drug-likeness (QED) is 0.183. The number of hydrogen-bond acceptors (Lipinski definition) is 5. The Morgan fingerprint density at radius 2 is 1.94 bits per heavy atom. The molecule has 1 heterocycles. The third kappa shape index (κ3) is 8.64. The number of methoxy groups -OCH3 is 1. The molecular weight excluding hydrogens is 507 g/mol. The van der Waals surface area contributed by atoms with E-state index in [1.165, 1.54) is 32.1 Å². The number of H-pyrrole nitrogens is 1. The third-order valence-corrected chi connectivity index (χ3v) is 5.13. The maximum absolute atomic E-state index is 5.98. The minimum atomic E-state index is 0. The van der Waals surface area contributed by atoms with Crippen molar-refractivity contribution in [1.82, 2.24) is 25.8 Å². The van der Waals surface area contributed by atoms with Gasteiger partial charge in [0, 0.05) is 25.3 Å². The normalized spacial score (nSPS) is 14.7. The van der Waals surface area contributed by atoms with Crippen LogP contribution in [-0.4, -0.2) is 54.1 Å². The van der Waals surface area contributed by atoms with Crippen LogP contribution in [0, 0.1) is 0 Å². The van der Waals surface area contributed by atoms with Gasteiger partial charge in [0.05, 0.1) is 13.2 Å². The molecule has 31 heavy (non-hydrogen) atoms. The highest BCUT2D eigenvalue weighted by atomic mass is 127. The lowest BCUT2D eigenvalue weighted by molar-refractivity contribution is 0.0277. The summed E-state index contributed by atoms with van der Waals surface area (Å²) in [6.45, 7) is 4.91. The smallest absolute Gasteiger partial charge is 0.191 e. The van der Waals surface area contributed by atoms with Crippen molar-refractivity contribution in [3.8, 4) is 17.1 Å². The lowest BCUT2D eigenvalue weighted by Crippen LogP contribution is -2.38. The van der Waals surface area contributed by atoms with E-state index >= 15 is 0 Å². The van der Waals surface area contributed by atoms with Crippen LogP contribution in [0.5, 0.6) is 5.75 Å². The first-order valence-corrected chi connectivity index (χ1v) is 11.0. The molecule has 0 atom stereocenters. The first kappa shape index (κ1) is 25.4. The van der Waals surface area contributed by atoms with E-state index in [9.17, 15) is 0 Å². The number of rotatable bonds is 10. The Morgan fingerprint density at radius 3 is 2.65 bits per heavy atom. The zero-order chi connectivity index (χ0) is 21.0. The topological polar surface area (TPSA) is 96.5 Å². The van der Waals surface area contributed by atoms with E-state index in [4.69, 9.17) is 9.47 Å². The van der Waals surface area contributed by atoms with E-state index in [0.717, 1.165) is 49.2 Å². The van der Waals surface area contributed by atoms with Gasteiger partial charge in [0.15, 0.2) is 11.8 Å². The highest BCUT2D eigenvalue weighted by molar-refractivity contribution is 14.0. The Kier molecular flexibility index (Phi) is 11.7. The molecule has 3 N–H and O–H groups in total. The summed E-state index contributed by atoms with van der Waals surface area (Å²) in [6.07, 6.45) is 7.83. The van der Waals surface area contributed by atoms with Gasteiger partial charge in [-0.25, -0.2) is 9.98 Å². The molecule has 9 heteroatoms. The summed E-state index contributed by atoms with van der Waals surface area (Å²) in [5, 5.41) is 13.9. The van der Waals surface area contributed by atoms with Crippen molar-refractivity contribution in [1.29, 1.82) is 0 Å². The van der Waals surface area contributed by atoms with E-state index in [1.54, 1.807) is 7.11 Å². The average molecular weight is 542 g/mol. The Labute approximate surface area is 202 Å². The largest absolute Gasteiger partial charge is 0.497 e. The van der Waals surface area contributed by atoms with Crippen molar-refractivity contribution >= 4 is 29.9 Å². The Bertz CT molecular complexity index is 775. The highest BCUT2D eigenvalue weighted by Crippen LogP contribution is 2.20. The molecule has 1 aromatic heterocycles. The molecule has 3 rings (SSSR count). The lowest BCUT2D eigenvalue weighted by atomic mass is 9.98. The highest BCUT2D eigenvalue weighted by Gasteiger charge is 2.13. The van der Waals surface area contributed by atoms with Gasteiger partial charge in [0.2, 0.25) is 0 Å². The molecule has 1 aromatic carbocycles. The van der Waals surface area contributed by atoms with E-state index in [-0.39, 0.29) is 24.0 Å². The predicted octanol–water partition coefficient (Wildman–Crippen LogP) is 3.89. The second-order valence-corrected chi connectivity index (χ2v) is 7.44. The number of halogens is 1. The molecule has 8 nitrogen and oxygen atoms in total. The van der Waals surface area contributed by atoms with E-state index < -0.39 is 0 Å². The number of aromatic amines is 1. The summed E-state index contributed by atoms with van der Waals surface area (Å²) in [6, 6.07) is 7.68. The zero-order valence-electron chi connectivity index (χ0n) is 18.5. The molecule has 1 aliphatic rings. The molecule has 0 amide bonds. The molecule has 2 aromatic rings. The van der Waals surface area contributed by atoms with E-state index in [1.807, 2.05) is 24.3 Å². The van der Waals surface area contributed by atoms with Gasteiger partial charge in [-0.2, -0.15) is 5.10 Å². The molecule has 1 aliphatic carbocycles. The maximum atomic E-state index is 5.98. The van der Waals surface area contributed by atoms with Gasteiger partial charge in [0.25, 0.3) is 0 Å². The minimum absolute atomic E-state index is 0. The second kappa shape index (κ2) is 14.2. The van der Waals surface area contributed by atoms with Crippen LogP contribution in [0.1, 0.15) is 51.3 Å². The number of guanidine groups is 1. The number of nitrogens with one attached hydrogen (secondary N) is 3. The van der Waals surface area contributed by atoms with Crippen molar-refractivity contribution in [2.24, 2.45) is 4.99 Å². The molecule has 0 saturated heterocycles. The fourth-order valence-corrected chi connectivity index (χ4v) is 3.49. The predicted molar refractivity (Wildman–Crippen MR) is 134 cm³/mol. The SMILES string of the molecule is CCNC(=NCc1nc(-c2ccc(OC)cc2)n[nH]1)NCCCOC1CCCCC1.I. The Balaban J connectivity index is 0.00000341. The van der Waals surface area contributed by atoms with Crippen LogP contribution in [0.2, 0.25) is 0 Å². The average Bonchev–Trinajstić information content (AvgIpc) is 3.27. The summed E-state index contributed by atoms with van der Waals surface area (Å²) < 4.78 is 11.2. The van der Waals surface area contributed by atoms with Gasteiger partial charge in [-0.15, -0.1) is 24.0 Å². The van der Waals surface area contributed by atoms with Crippen LogP contribution in [0.15, 0.2) is 29.3 Å². The number of aliphatic imine (C=N–C) groups is 1. The van der Waals surface area contributed by atoms with Gasteiger partial charge in [-0.1, -0.05) is 19.3 Å². The van der Waals surface area contributed by atoms with Gasteiger partial charge < -0.3 is 20.1 Å². The number of nitrogens with zero attached hydrogens (tertiary/aromatic N) is 3. The molecule has 0 spiro atoms. The van der Waals surface area contributed by atoms with Crippen molar-refractivity contribution in [2.75, 3.05) is 26.8 Å². The number of ether oxygens (including phenoxy) is 2. The third-order valence-electron chi connectivity index (χ3n) is 5.13. The lowest BCUT2D eigenvalue weighted by Gasteiger charge is -2.22. The second-order valence-electron chi connectivity index (χ2n) is 7.44. The first-order valence-electron chi connectivity index (χ1n) is 11.0. The molecular formula is C22H35IN6O2. The molecule has 0 unspecified atom stereocenters. The van der Waals surface area contributed by atoms with Crippen LogP contribution in [-0.2, 0) is 11.3 Å². The van der Waals surface area contributed by atoms with Crippen LogP contribution in [0.25, 0.3) is 11.4 Å². The summed E-state index contributed by atoms with van der Waals surface area (Å²) in [4.78, 5) is 9.14. The summed E-state index contributed by atoms with van der Waals surface area (Å²) in [5.74, 6) is 2.96. The molecule has 0 radical (unpaired) electrons. The minimum Gasteiger partial charge on any atom is -0.497 e. The fraction of sp³-hybridized carbons (Fsp3) is 0.591. The van der Waals surface area contributed by atoms with Gasteiger partial charge >= 0.3 is 0 Å². The van der Waals surface area contributed by atoms with Gasteiger partial charge in [0.1, 0.15) is 18.1 Å². The van der Waals surface area contributed by atoms with Crippen LogP contribution >= 0.6 is 24.0 Å². The summed E-state index contributed by atoms with van der Waals surface area (Å²) in [7, 11) is 1.65. The fourth-order valence-electron chi connectivity index (χ4n) is 3.49. The van der Waals surface area contributed by atoms with E-state index in [2.05, 4.69) is 37.7 Å². The summed E-state index contributed by atoms with van der Waals surface area (Å²) in [5.41, 5.74) is 0.935. The zero-order valence-corrected chi connectivity index (χ0v) is 20.9. The first-order chi connectivity index (χ1) is 14.8. The summed E-state index contributed by atoms with van der Waals surface area (Å²) >= 11 is 0. The van der Waals surface area contributed by atoms with Crippen molar-refractivity contribution in [2.45, 2.75) is 58.1 Å². The maximum Gasteiger partial charge on any atom is 0.191 e. The Hall–Kier alpha value is -1.88. The monoisotopic (exact) mass is 542 g/mol. The molecule has 1 fully saturated rings. The standard InChI is InChI=1S/C22H34N6O2.HI/c1-3-23-22(24-14-7-15-30-19-8-5-4-6-9-19)25-16-20-26-21(28-27-20)17-10-12-18(29-2)13-11-17;/h10-13,19H,3-9,14-16H2,1-2H3,(H2,23,24,25)(H,26,27,28);1H. The van der Waals surface area contributed by atoms with Gasteiger partial charge in [-0.3, -0.25) is 5.10 Å². The van der Waals surface area contributed by atoms with Crippen molar-refractivity contribution < 1.29 is 9.47 Å². The molecule has 0 bridgehead atoms. The molecule has 1 saturated carbocycles. The van der Waals surface area contributed by atoms with Crippen molar-refractivity contribution in [3.05, 3.63) is 30.1 Å². The number of aromatic nitrogens is 3. The van der Waals surface area contributed by atoms with Crippen LogP contribution in [0.4, 0.5) is 0 Å². The van der Waals surface area contributed by atoms with Gasteiger partial charge in [-0.05, 0) is 50.5 Å². The number of benzene rings is 1. The Morgan fingerprint density at radius 1 is 1.16 bits per heavy atom.